The van der Waals surface area contributed by atoms with Crippen LogP contribution in [-0.4, -0.2) is 44.7 Å². The number of carboxylic acid groups (broad SMARTS) is 1. The van der Waals surface area contributed by atoms with Gasteiger partial charge in [-0.1, -0.05) is 32.1 Å². The molecule has 5 nitrogen and oxygen atoms in total. The van der Waals surface area contributed by atoms with Gasteiger partial charge in [0.05, 0.1) is 18.3 Å². The zero-order chi connectivity index (χ0) is 18.6. The van der Waals surface area contributed by atoms with E-state index in [1.54, 1.807) is 0 Å². The summed E-state index contributed by atoms with van der Waals surface area (Å²) in [5.41, 5.74) is -2.51. The molecule has 0 spiro atoms. The van der Waals surface area contributed by atoms with Crippen LogP contribution in [0.4, 0.5) is 0 Å². The molecule has 3 aliphatic rings. The molecule has 0 radical (unpaired) electrons. The maximum atomic E-state index is 12.1. The average molecular weight is 350 g/mol. The van der Waals surface area contributed by atoms with E-state index in [0.29, 0.717) is 31.6 Å². The van der Waals surface area contributed by atoms with Crippen molar-refractivity contribution >= 4 is 5.97 Å². The predicted molar refractivity (Wildman–Crippen MR) is 93.7 cm³/mol. The Kier molecular flexibility index (Phi) is 4.42. The largest absolute Gasteiger partial charge is 0.481 e. The van der Waals surface area contributed by atoms with Gasteiger partial charge in [0.25, 0.3) is 0 Å². The number of rotatable bonds is 2. The van der Waals surface area contributed by atoms with Crippen molar-refractivity contribution in [1.29, 1.82) is 0 Å². The molecule has 2 fully saturated rings. The summed E-state index contributed by atoms with van der Waals surface area (Å²) in [6, 6.07) is 0. The Labute approximate surface area is 149 Å². The Balaban J connectivity index is 2.09. The first-order chi connectivity index (χ1) is 11.6. The van der Waals surface area contributed by atoms with Gasteiger partial charge in [-0.3, -0.25) is 4.79 Å². The Bertz CT molecular complexity index is 626. The molecule has 0 aromatic heterocycles. The first kappa shape index (κ1) is 18.6. The van der Waals surface area contributed by atoms with Crippen molar-refractivity contribution < 1.29 is 25.2 Å². The molecule has 2 saturated carbocycles. The van der Waals surface area contributed by atoms with Gasteiger partial charge in [-0.05, 0) is 55.9 Å². The summed E-state index contributed by atoms with van der Waals surface area (Å²) in [4.78, 5) is 12.1. The summed E-state index contributed by atoms with van der Waals surface area (Å²) < 4.78 is 0. The van der Waals surface area contributed by atoms with E-state index < -0.39 is 28.5 Å². The maximum absolute atomic E-state index is 12.1. The van der Waals surface area contributed by atoms with Crippen molar-refractivity contribution in [2.24, 2.45) is 28.6 Å². The van der Waals surface area contributed by atoms with Crippen LogP contribution in [0.1, 0.15) is 46.5 Å². The van der Waals surface area contributed by atoms with E-state index in [1.807, 2.05) is 19.1 Å². The number of aliphatic hydroxyl groups excluding tert-OH is 2. The topological polar surface area (TPSA) is 98.0 Å². The second-order valence-electron chi connectivity index (χ2n) is 8.60. The Morgan fingerprint density at radius 1 is 1.32 bits per heavy atom. The van der Waals surface area contributed by atoms with E-state index in [2.05, 4.69) is 13.0 Å². The lowest BCUT2D eigenvalue weighted by atomic mass is 9.41. The summed E-state index contributed by atoms with van der Waals surface area (Å²) in [6.07, 6.45) is 6.95. The third kappa shape index (κ3) is 2.22. The number of fused-ring (bicyclic) bond motifs is 3. The first-order valence-electron chi connectivity index (χ1n) is 9.26. The van der Waals surface area contributed by atoms with Gasteiger partial charge in [0, 0.05) is 5.41 Å². The zero-order valence-corrected chi connectivity index (χ0v) is 15.3. The quantitative estimate of drug-likeness (QED) is 0.611. The highest BCUT2D eigenvalue weighted by molar-refractivity contribution is 5.77. The summed E-state index contributed by atoms with van der Waals surface area (Å²) in [6.45, 7) is 5.65. The normalized spacial score (nSPS) is 51.0. The Morgan fingerprint density at radius 3 is 2.60 bits per heavy atom. The Hall–Kier alpha value is -1.17. The highest BCUT2D eigenvalue weighted by atomic mass is 16.4. The summed E-state index contributed by atoms with van der Waals surface area (Å²) in [7, 11) is 0. The standard InChI is InChI=1S/C20H30O5/c1-12-13(8-11-21)4-5-15-14(12)6-10-20(25)18(15,2)9-7-16(22)19(20,3)17(23)24/h4-5,8,12,14-16,21-22,25H,6-7,9-11H2,1-3H3,(H,23,24). The molecule has 5 heteroatoms. The van der Waals surface area contributed by atoms with E-state index >= 15 is 0 Å². The maximum Gasteiger partial charge on any atom is 0.314 e. The fraction of sp³-hybridized carbons (Fsp3) is 0.750. The third-order valence-electron chi connectivity index (χ3n) is 7.88. The van der Waals surface area contributed by atoms with Crippen molar-refractivity contribution in [1.82, 2.24) is 0 Å². The lowest BCUT2D eigenvalue weighted by Crippen LogP contribution is -2.72. The molecule has 25 heavy (non-hydrogen) atoms. The lowest BCUT2D eigenvalue weighted by molar-refractivity contribution is -0.266. The molecule has 0 heterocycles. The molecule has 0 aromatic rings. The molecule has 4 N–H and O–H groups in total. The number of aliphatic hydroxyl groups is 3. The van der Waals surface area contributed by atoms with Crippen LogP contribution < -0.4 is 0 Å². The fourth-order valence-corrected chi connectivity index (χ4v) is 6.02. The SMILES string of the molecule is CC1C(=CCO)C=CC2C1CCC1(O)C2(C)CCC(O)C1(C)C(=O)O. The van der Waals surface area contributed by atoms with E-state index in [9.17, 15) is 25.2 Å². The smallest absolute Gasteiger partial charge is 0.314 e. The van der Waals surface area contributed by atoms with Crippen LogP contribution in [0, 0.1) is 28.6 Å². The molecule has 7 atom stereocenters. The van der Waals surface area contributed by atoms with Gasteiger partial charge in [-0.2, -0.15) is 0 Å². The number of hydrogen-bond acceptors (Lipinski definition) is 4. The minimum absolute atomic E-state index is 0.00584. The summed E-state index contributed by atoms with van der Waals surface area (Å²) >= 11 is 0. The number of carboxylic acids is 1. The Morgan fingerprint density at radius 2 is 2.00 bits per heavy atom. The molecule has 0 saturated heterocycles. The second kappa shape index (κ2) is 5.93. The van der Waals surface area contributed by atoms with Crippen molar-refractivity contribution in [3.63, 3.8) is 0 Å². The van der Waals surface area contributed by atoms with E-state index in [4.69, 9.17) is 0 Å². The van der Waals surface area contributed by atoms with Crippen molar-refractivity contribution in [3.05, 3.63) is 23.8 Å². The van der Waals surface area contributed by atoms with Gasteiger partial charge in [-0.15, -0.1) is 0 Å². The van der Waals surface area contributed by atoms with Gasteiger partial charge in [0.15, 0.2) is 0 Å². The van der Waals surface area contributed by atoms with Gasteiger partial charge in [-0.25, -0.2) is 0 Å². The fourth-order valence-electron chi connectivity index (χ4n) is 6.02. The van der Waals surface area contributed by atoms with Gasteiger partial charge in [0.2, 0.25) is 0 Å². The molecular formula is C20H30O5. The molecule has 0 bridgehead atoms. The second-order valence-corrected chi connectivity index (χ2v) is 8.60. The van der Waals surface area contributed by atoms with Crippen LogP contribution in [0.3, 0.4) is 0 Å². The van der Waals surface area contributed by atoms with E-state index in [0.717, 1.165) is 5.57 Å². The molecule has 3 rings (SSSR count). The van der Waals surface area contributed by atoms with E-state index in [-0.39, 0.29) is 18.4 Å². The summed E-state index contributed by atoms with van der Waals surface area (Å²) in [5, 5.41) is 41.3. The van der Waals surface area contributed by atoms with Crippen molar-refractivity contribution in [2.45, 2.75) is 58.2 Å². The van der Waals surface area contributed by atoms with Gasteiger partial charge < -0.3 is 20.4 Å². The molecule has 0 aliphatic heterocycles. The number of allylic oxidation sites excluding steroid dienone is 3. The average Bonchev–Trinajstić information content (AvgIpc) is 2.56. The van der Waals surface area contributed by atoms with Crippen molar-refractivity contribution in [2.75, 3.05) is 6.61 Å². The predicted octanol–water partition coefficient (Wildman–Crippen LogP) is 2.12. The number of carbonyl (C=O) groups is 1. The summed E-state index contributed by atoms with van der Waals surface area (Å²) in [5.74, 6) is -0.503. The van der Waals surface area contributed by atoms with Crippen LogP contribution in [0.5, 0.6) is 0 Å². The minimum atomic E-state index is -1.57. The molecule has 140 valence electrons. The van der Waals surface area contributed by atoms with Crippen LogP contribution in [0.2, 0.25) is 0 Å². The van der Waals surface area contributed by atoms with Crippen LogP contribution >= 0.6 is 0 Å². The van der Waals surface area contributed by atoms with Crippen LogP contribution in [0.15, 0.2) is 23.8 Å². The van der Waals surface area contributed by atoms with Gasteiger partial charge in [0.1, 0.15) is 5.41 Å². The van der Waals surface area contributed by atoms with Crippen molar-refractivity contribution in [3.8, 4) is 0 Å². The molecule has 0 amide bonds. The molecule has 3 aliphatic carbocycles. The molecular weight excluding hydrogens is 320 g/mol. The minimum Gasteiger partial charge on any atom is -0.481 e. The van der Waals surface area contributed by atoms with Crippen LogP contribution in [-0.2, 0) is 4.79 Å². The first-order valence-corrected chi connectivity index (χ1v) is 9.26. The number of hydrogen-bond donors (Lipinski definition) is 4. The highest BCUT2D eigenvalue weighted by Crippen LogP contribution is 2.65. The lowest BCUT2D eigenvalue weighted by Gasteiger charge is -2.65. The molecule has 0 aromatic carbocycles. The molecule has 7 unspecified atom stereocenters. The monoisotopic (exact) mass is 350 g/mol. The third-order valence-corrected chi connectivity index (χ3v) is 7.88. The zero-order valence-electron chi connectivity index (χ0n) is 15.3. The van der Waals surface area contributed by atoms with Crippen LogP contribution in [0.25, 0.3) is 0 Å². The van der Waals surface area contributed by atoms with Gasteiger partial charge >= 0.3 is 5.97 Å². The highest BCUT2D eigenvalue weighted by Gasteiger charge is 2.71. The number of aliphatic carboxylic acids is 1. The van der Waals surface area contributed by atoms with E-state index in [1.165, 1.54) is 6.92 Å².